The van der Waals surface area contributed by atoms with Crippen LogP contribution in [0, 0.1) is 0 Å². The molecule has 6 heteroatoms. The number of aryl methyl sites for hydroxylation is 1. The van der Waals surface area contributed by atoms with Crippen LogP contribution in [0.15, 0.2) is 51.7 Å². The van der Waals surface area contributed by atoms with Gasteiger partial charge in [0.05, 0.1) is 21.2 Å². The molecule has 29 heavy (non-hydrogen) atoms. The molecule has 0 amide bonds. The molecule has 1 heterocycles. The summed E-state index contributed by atoms with van der Waals surface area (Å²) in [4.78, 5) is 14.3. The van der Waals surface area contributed by atoms with Crippen molar-refractivity contribution in [3.63, 3.8) is 0 Å². The lowest BCUT2D eigenvalue weighted by Gasteiger charge is -2.25. The molecule has 0 unspecified atom stereocenters. The molecule has 0 fully saturated rings. The Kier molecular flexibility index (Phi) is 8.08. The number of hydrogen-bond acceptors (Lipinski definition) is 3. The van der Waals surface area contributed by atoms with Crippen LogP contribution in [0.3, 0.4) is 0 Å². The number of hydrogen-bond donors (Lipinski definition) is 0. The molecule has 0 radical (unpaired) electrons. The molecule has 1 aromatic heterocycles. The van der Waals surface area contributed by atoms with Gasteiger partial charge in [0.15, 0.2) is 5.58 Å². The van der Waals surface area contributed by atoms with Crippen LogP contribution in [-0.4, -0.2) is 17.7 Å². The summed E-state index contributed by atoms with van der Waals surface area (Å²) in [7, 11) is 0. The third-order valence-corrected chi connectivity index (χ3v) is 5.96. The number of oxazole rings is 1. The van der Waals surface area contributed by atoms with E-state index in [4.69, 9.17) is 27.6 Å². The number of halogens is 2. The molecule has 0 bridgehead atoms. The van der Waals surface area contributed by atoms with E-state index in [1.807, 2.05) is 42.5 Å². The molecule has 0 aliphatic rings. The van der Waals surface area contributed by atoms with Gasteiger partial charge in [-0.1, -0.05) is 67.6 Å². The van der Waals surface area contributed by atoms with Gasteiger partial charge in [-0.05, 0) is 43.5 Å². The highest BCUT2D eigenvalue weighted by atomic mass is 35.5. The SMILES string of the molecule is CCCN(CCCCCCCn1c(=O)oc2ccccc21)c1cccc(Cl)c1Cl. The molecule has 0 atom stereocenters. The fourth-order valence-electron chi connectivity index (χ4n) is 3.69. The van der Waals surface area contributed by atoms with Crippen molar-refractivity contribution < 1.29 is 4.42 Å². The van der Waals surface area contributed by atoms with E-state index < -0.39 is 0 Å². The van der Waals surface area contributed by atoms with Crippen LogP contribution < -0.4 is 10.7 Å². The average molecular weight is 435 g/mol. The summed E-state index contributed by atoms with van der Waals surface area (Å²) in [6.45, 7) is 4.82. The predicted molar refractivity (Wildman–Crippen MR) is 123 cm³/mol. The highest BCUT2D eigenvalue weighted by Crippen LogP contribution is 2.32. The van der Waals surface area contributed by atoms with Crippen LogP contribution in [0.4, 0.5) is 5.69 Å². The van der Waals surface area contributed by atoms with Crippen LogP contribution in [0.2, 0.25) is 10.0 Å². The van der Waals surface area contributed by atoms with Gasteiger partial charge < -0.3 is 9.32 Å². The molecule has 0 saturated carbocycles. The van der Waals surface area contributed by atoms with Gasteiger partial charge in [0.25, 0.3) is 0 Å². The Morgan fingerprint density at radius 1 is 0.931 bits per heavy atom. The van der Waals surface area contributed by atoms with E-state index in [0.717, 1.165) is 62.8 Å². The topological polar surface area (TPSA) is 38.4 Å². The molecule has 0 N–H and O–H groups in total. The molecule has 156 valence electrons. The van der Waals surface area contributed by atoms with Crippen LogP contribution >= 0.6 is 23.2 Å². The Hall–Kier alpha value is -1.91. The lowest BCUT2D eigenvalue weighted by Crippen LogP contribution is -2.25. The fourth-order valence-corrected chi connectivity index (χ4v) is 4.10. The average Bonchev–Trinajstić information content (AvgIpc) is 3.04. The van der Waals surface area contributed by atoms with Crippen LogP contribution in [0.1, 0.15) is 45.4 Å². The van der Waals surface area contributed by atoms with Gasteiger partial charge in [0.1, 0.15) is 0 Å². The Labute approximate surface area is 182 Å². The van der Waals surface area contributed by atoms with Crippen molar-refractivity contribution in [1.29, 1.82) is 0 Å². The van der Waals surface area contributed by atoms with Crippen molar-refractivity contribution in [2.24, 2.45) is 0 Å². The van der Waals surface area contributed by atoms with E-state index in [-0.39, 0.29) is 5.76 Å². The van der Waals surface area contributed by atoms with Crippen LogP contribution in [-0.2, 0) is 6.54 Å². The maximum absolute atomic E-state index is 12.0. The zero-order valence-electron chi connectivity index (χ0n) is 16.9. The molecular weight excluding hydrogens is 407 g/mol. The summed E-state index contributed by atoms with van der Waals surface area (Å²) in [6.07, 6.45) is 6.54. The number of nitrogens with zero attached hydrogens (tertiary/aromatic N) is 2. The van der Waals surface area contributed by atoms with Gasteiger partial charge in [-0.25, -0.2) is 4.79 Å². The highest BCUT2D eigenvalue weighted by molar-refractivity contribution is 6.43. The lowest BCUT2D eigenvalue weighted by molar-refractivity contribution is 0.485. The summed E-state index contributed by atoms with van der Waals surface area (Å²) in [5.74, 6) is -0.264. The standard InChI is InChI=1S/C23H28Cl2N2O2/c1-2-15-26(20-13-10-11-18(24)22(20)25)16-8-4-3-5-9-17-27-19-12-6-7-14-21(19)29-23(27)28/h6-7,10-14H,2-5,8-9,15-17H2,1H3. The minimum atomic E-state index is -0.264. The number of benzene rings is 2. The van der Waals surface area contributed by atoms with Gasteiger partial charge in [-0.15, -0.1) is 0 Å². The minimum Gasteiger partial charge on any atom is -0.408 e. The van der Waals surface area contributed by atoms with Crippen molar-refractivity contribution >= 4 is 40.0 Å². The molecule has 0 aliphatic carbocycles. The van der Waals surface area contributed by atoms with E-state index in [2.05, 4.69) is 11.8 Å². The second kappa shape index (κ2) is 10.7. The minimum absolute atomic E-state index is 0.264. The number of unbranched alkanes of at least 4 members (excludes halogenated alkanes) is 4. The quantitative estimate of drug-likeness (QED) is 0.312. The first-order chi connectivity index (χ1) is 14.1. The molecule has 0 aliphatic heterocycles. The van der Waals surface area contributed by atoms with Gasteiger partial charge in [-0.2, -0.15) is 0 Å². The molecule has 0 saturated heterocycles. The summed E-state index contributed by atoms with van der Waals surface area (Å²) in [6, 6.07) is 13.4. The summed E-state index contributed by atoms with van der Waals surface area (Å²) < 4.78 is 7.02. The summed E-state index contributed by atoms with van der Waals surface area (Å²) >= 11 is 12.6. The van der Waals surface area contributed by atoms with Gasteiger partial charge >= 0.3 is 5.76 Å². The second-order valence-corrected chi connectivity index (χ2v) is 8.10. The Morgan fingerprint density at radius 2 is 1.69 bits per heavy atom. The molecule has 2 aromatic carbocycles. The second-order valence-electron chi connectivity index (χ2n) is 7.32. The van der Waals surface area contributed by atoms with Crippen molar-refractivity contribution in [3.8, 4) is 0 Å². The first kappa shape index (κ1) is 21.8. The molecule has 4 nitrogen and oxygen atoms in total. The zero-order chi connectivity index (χ0) is 20.6. The largest absolute Gasteiger partial charge is 0.419 e. The van der Waals surface area contributed by atoms with Gasteiger partial charge in [0, 0.05) is 19.6 Å². The van der Waals surface area contributed by atoms with Crippen molar-refractivity contribution in [3.05, 3.63) is 63.1 Å². The van der Waals surface area contributed by atoms with E-state index in [1.54, 1.807) is 4.57 Å². The van der Waals surface area contributed by atoms with Crippen molar-refractivity contribution in [2.45, 2.75) is 52.0 Å². The summed E-state index contributed by atoms with van der Waals surface area (Å²) in [5.41, 5.74) is 2.56. The smallest absolute Gasteiger partial charge is 0.408 e. The number of anilines is 1. The predicted octanol–water partition coefficient (Wildman–Crippen LogP) is 6.77. The van der Waals surface area contributed by atoms with Crippen LogP contribution in [0.5, 0.6) is 0 Å². The Bertz CT molecular complexity index is 980. The maximum Gasteiger partial charge on any atom is 0.419 e. The van der Waals surface area contributed by atoms with E-state index >= 15 is 0 Å². The normalized spacial score (nSPS) is 11.3. The number of aromatic nitrogens is 1. The molecule has 0 spiro atoms. The monoisotopic (exact) mass is 434 g/mol. The van der Waals surface area contributed by atoms with Crippen molar-refractivity contribution in [1.82, 2.24) is 4.57 Å². The zero-order valence-corrected chi connectivity index (χ0v) is 18.4. The van der Waals surface area contributed by atoms with Crippen molar-refractivity contribution in [2.75, 3.05) is 18.0 Å². The number of rotatable bonds is 11. The van der Waals surface area contributed by atoms with Crippen LogP contribution in [0.25, 0.3) is 11.1 Å². The molecule has 3 aromatic rings. The summed E-state index contributed by atoms with van der Waals surface area (Å²) in [5, 5.41) is 1.24. The molecule has 3 rings (SSSR count). The third kappa shape index (κ3) is 5.58. The maximum atomic E-state index is 12.0. The highest BCUT2D eigenvalue weighted by Gasteiger charge is 2.12. The fraction of sp³-hybridized carbons (Fsp3) is 0.435. The first-order valence-electron chi connectivity index (χ1n) is 10.4. The number of fused-ring (bicyclic) bond motifs is 1. The van der Waals surface area contributed by atoms with Gasteiger partial charge in [-0.3, -0.25) is 4.57 Å². The molecular formula is C23H28Cl2N2O2. The Balaban J connectivity index is 1.42. The third-order valence-electron chi connectivity index (χ3n) is 5.15. The Morgan fingerprint density at radius 3 is 2.52 bits per heavy atom. The van der Waals surface area contributed by atoms with E-state index in [1.165, 1.54) is 0 Å². The van der Waals surface area contributed by atoms with Gasteiger partial charge in [0.2, 0.25) is 0 Å². The van der Waals surface area contributed by atoms with E-state index in [0.29, 0.717) is 22.2 Å². The van der Waals surface area contributed by atoms with E-state index in [9.17, 15) is 4.79 Å². The first-order valence-corrected chi connectivity index (χ1v) is 11.1. The number of para-hydroxylation sites is 2. The lowest BCUT2D eigenvalue weighted by atomic mass is 10.1.